The second-order valence-corrected chi connectivity index (χ2v) is 7.38. The lowest BCUT2D eigenvalue weighted by atomic mass is 9.90. The number of piperazine rings is 1. The Morgan fingerprint density at radius 2 is 1.78 bits per heavy atom. The number of amides is 1. The Morgan fingerprint density at radius 1 is 1.07 bits per heavy atom. The van der Waals surface area contributed by atoms with Gasteiger partial charge in [-0.05, 0) is 61.4 Å². The van der Waals surface area contributed by atoms with Crippen LogP contribution < -0.4 is 5.63 Å². The Morgan fingerprint density at radius 3 is 2.48 bits per heavy atom. The van der Waals surface area contributed by atoms with E-state index in [1.807, 2.05) is 6.92 Å². The number of rotatable bonds is 3. The summed E-state index contributed by atoms with van der Waals surface area (Å²) in [5, 5.41) is 1.04. The smallest absolute Gasteiger partial charge is 0.409 e. The molecule has 0 radical (unpaired) electrons. The first-order valence-electron chi connectivity index (χ1n) is 9.86. The lowest BCUT2D eigenvalue weighted by molar-refractivity contribution is 0.0779. The van der Waals surface area contributed by atoms with Crippen molar-refractivity contribution in [3.63, 3.8) is 0 Å². The molecule has 1 saturated heterocycles. The van der Waals surface area contributed by atoms with Gasteiger partial charge in [0.05, 0.1) is 6.61 Å². The minimum absolute atomic E-state index is 0.241. The summed E-state index contributed by atoms with van der Waals surface area (Å²) < 4.78 is 10.6. The highest BCUT2D eigenvalue weighted by molar-refractivity contribution is 5.82. The molecule has 0 spiro atoms. The van der Waals surface area contributed by atoms with Gasteiger partial charge in [-0.2, -0.15) is 0 Å². The highest BCUT2D eigenvalue weighted by atomic mass is 16.6. The van der Waals surface area contributed by atoms with E-state index in [1.54, 1.807) is 11.0 Å². The van der Waals surface area contributed by atoms with Crippen LogP contribution in [0.4, 0.5) is 4.79 Å². The van der Waals surface area contributed by atoms with Crippen LogP contribution in [-0.4, -0.2) is 48.7 Å². The van der Waals surface area contributed by atoms with Crippen molar-refractivity contribution < 1.29 is 13.9 Å². The molecule has 2 aromatic rings. The summed E-state index contributed by atoms with van der Waals surface area (Å²) in [4.78, 5) is 27.9. The monoisotopic (exact) mass is 370 g/mol. The van der Waals surface area contributed by atoms with E-state index in [9.17, 15) is 9.59 Å². The van der Waals surface area contributed by atoms with Crippen LogP contribution in [0.15, 0.2) is 27.4 Å². The molecule has 144 valence electrons. The number of benzene rings is 1. The second kappa shape index (κ2) is 7.72. The Hall–Kier alpha value is -2.34. The third-order valence-electron chi connectivity index (χ3n) is 5.58. The van der Waals surface area contributed by atoms with Crippen LogP contribution in [0.2, 0.25) is 0 Å². The largest absolute Gasteiger partial charge is 0.450 e. The number of fused-ring (bicyclic) bond motifs is 2. The number of hydrogen-bond acceptors (Lipinski definition) is 5. The Bertz CT molecular complexity index is 897. The van der Waals surface area contributed by atoms with Crippen molar-refractivity contribution in [2.75, 3.05) is 32.8 Å². The predicted octanol–water partition coefficient (Wildman–Crippen LogP) is 2.95. The van der Waals surface area contributed by atoms with E-state index in [0.29, 0.717) is 31.8 Å². The zero-order valence-electron chi connectivity index (χ0n) is 15.8. The molecule has 1 aromatic carbocycles. The number of hydrogen-bond donors (Lipinski definition) is 0. The molecule has 4 rings (SSSR count). The third-order valence-corrected chi connectivity index (χ3v) is 5.58. The number of aryl methyl sites for hydroxylation is 2. The van der Waals surface area contributed by atoms with Gasteiger partial charge in [0.25, 0.3) is 0 Å². The Balaban J connectivity index is 1.54. The van der Waals surface area contributed by atoms with Gasteiger partial charge in [-0.3, -0.25) is 4.90 Å². The quantitative estimate of drug-likeness (QED) is 0.778. The second-order valence-electron chi connectivity index (χ2n) is 7.38. The van der Waals surface area contributed by atoms with Crippen LogP contribution in [0, 0.1) is 0 Å². The summed E-state index contributed by atoms with van der Waals surface area (Å²) >= 11 is 0. The topological polar surface area (TPSA) is 63.0 Å². The van der Waals surface area contributed by atoms with E-state index in [2.05, 4.69) is 17.0 Å². The van der Waals surface area contributed by atoms with E-state index in [1.165, 1.54) is 24.0 Å². The molecule has 0 bridgehead atoms. The highest BCUT2D eigenvalue weighted by Gasteiger charge is 2.23. The number of ether oxygens (including phenoxy) is 1. The van der Waals surface area contributed by atoms with Gasteiger partial charge in [0, 0.05) is 44.2 Å². The van der Waals surface area contributed by atoms with Crippen molar-refractivity contribution in [3.8, 4) is 0 Å². The number of nitrogens with zero attached hydrogens (tertiary/aromatic N) is 2. The molecule has 0 N–H and O–H groups in total. The molecular formula is C21H26N2O4. The van der Waals surface area contributed by atoms with E-state index < -0.39 is 0 Å². The van der Waals surface area contributed by atoms with E-state index in [4.69, 9.17) is 9.15 Å². The van der Waals surface area contributed by atoms with Crippen molar-refractivity contribution in [1.29, 1.82) is 0 Å². The van der Waals surface area contributed by atoms with Crippen molar-refractivity contribution in [2.45, 2.75) is 39.2 Å². The molecule has 1 aromatic heterocycles. The molecule has 0 atom stereocenters. The summed E-state index contributed by atoms with van der Waals surface area (Å²) in [7, 11) is 0. The molecule has 1 aliphatic carbocycles. The Labute approximate surface area is 158 Å². The molecule has 2 aliphatic rings. The zero-order chi connectivity index (χ0) is 18.8. The predicted molar refractivity (Wildman–Crippen MR) is 103 cm³/mol. The molecule has 6 nitrogen and oxygen atoms in total. The van der Waals surface area contributed by atoms with Crippen LogP contribution in [0.5, 0.6) is 0 Å². The van der Waals surface area contributed by atoms with Crippen molar-refractivity contribution in [1.82, 2.24) is 9.80 Å². The van der Waals surface area contributed by atoms with Gasteiger partial charge >= 0.3 is 11.7 Å². The molecule has 2 heterocycles. The lowest BCUT2D eigenvalue weighted by Gasteiger charge is -2.34. The average Bonchev–Trinajstić information content (AvgIpc) is 2.67. The fourth-order valence-corrected chi connectivity index (χ4v) is 4.13. The normalized spacial score (nSPS) is 17.7. The average molecular weight is 370 g/mol. The lowest BCUT2D eigenvalue weighted by Crippen LogP contribution is -2.48. The molecule has 1 amide bonds. The van der Waals surface area contributed by atoms with E-state index in [0.717, 1.165) is 36.9 Å². The fourth-order valence-electron chi connectivity index (χ4n) is 4.13. The van der Waals surface area contributed by atoms with Gasteiger partial charge < -0.3 is 14.1 Å². The molecule has 27 heavy (non-hydrogen) atoms. The van der Waals surface area contributed by atoms with Gasteiger partial charge in [0.15, 0.2) is 0 Å². The highest BCUT2D eigenvalue weighted by Crippen LogP contribution is 2.28. The minimum Gasteiger partial charge on any atom is -0.450 e. The van der Waals surface area contributed by atoms with Crippen LogP contribution in [0.1, 0.15) is 36.5 Å². The first-order valence-corrected chi connectivity index (χ1v) is 9.86. The maximum absolute atomic E-state index is 12.1. The summed E-state index contributed by atoms with van der Waals surface area (Å²) in [5.41, 5.74) is 4.12. The standard InChI is InChI=1S/C21H26N2O4/c1-2-26-21(25)23-9-7-22(8-10-23)14-17-13-20(24)27-19-12-16-6-4-3-5-15(16)11-18(17)19/h11-13H,2-10,14H2,1H3. The number of carbonyl (C=O) groups is 1. The summed E-state index contributed by atoms with van der Waals surface area (Å²) in [6.07, 6.45) is 4.35. The summed E-state index contributed by atoms with van der Waals surface area (Å²) in [6.45, 7) is 5.74. The molecule has 1 fully saturated rings. The van der Waals surface area contributed by atoms with Crippen molar-refractivity contribution >= 4 is 17.1 Å². The van der Waals surface area contributed by atoms with Crippen LogP contribution >= 0.6 is 0 Å². The number of carbonyl (C=O) groups excluding carboxylic acids is 1. The minimum atomic E-state index is -0.293. The van der Waals surface area contributed by atoms with Crippen LogP contribution in [0.3, 0.4) is 0 Å². The first-order chi connectivity index (χ1) is 13.1. The van der Waals surface area contributed by atoms with Crippen LogP contribution in [-0.2, 0) is 24.1 Å². The first kappa shape index (κ1) is 18.0. The summed E-state index contributed by atoms with van der Waals surface area (Å²) in [5.74, 6) is 0. The summed E-state index contributed by atoms with van der Waals surface area (Å²) in [6, 6.07) is 5.90. The molecule has 0 saturated carbocycles. The van der Waals surface area contributed by atoms with Gasteiger partial charge in [0.1, 0.15) is 5.58 Å². The maximum atomic E-state index is 12.1. The molecule has 1 aliphatic heterocycles. The van der Waals surface area contributed by atoms with E-state index >= 15 is 0 Å². The van der Waals surface area contributed by atoms with Gasteiger partial charge in [-0.25, -0.2) is 9.59 Å². The van der Waals surface area contributed by atoms with Crippen LogP contribution in [0.25, 0.3) is 11.0 Å². The zero-order valence-corrected chi connectivity index (χ0v) is 15.8. The fraction of sp³-hybridized carbons (Fsp3) is 0.524. The maximum Gasteiger partial charge on any atom is 0.409 e. The third kappa shape index (κ3) is 3.86. The molecule has 0 unspecified atom stereocenters. The van der Waals surface area contributed by atoms with E-state index in [-0.39, 0.29) is 11.7 Å². The molecular weight excluding hydrogens is 344 g/mol. The SMILES string of the molecule is CCOC(=O)N1CCN(Cc2cc(=O)oc3cc4c(cc23)CCCC4)CC1. The van der Waals surface area contributed by atoms with Gasteiger partial charge in [0.2, 0.25) is 0 Å². The molecule has 6 heteroatoms. The van der Waals surface area contributed by atoms with Crippen molar-refractivity contribution in [2.24, 2.45) is 0 Å². The van der Waals surface area contributed by atoms with Gasteiger partial charge in [-0.15, -0.1) is 0 Å². The van der Waals surface area contributed by atoms with Gasteiger partial charge in [-0.1, -0.05) is 0 Å². The van der Waals surface area contributed by atoms with Crippen molar-refractivity contribution in [3.05, 3.63) is 45.3 Å². The Kier molecular flexibility index (Phi) is 5.16.